The van der Waals surface area contributed by atoms with Crippen LogP contribution in [0.2, 0.25) is 0 Å². The van der Waals surface area contributed by atoms with Gasteiger partial charge < -0.3 is 15.0 Å². The fraction of sp³-hybridized carbons (Fsp3) is 1.00. The van der Waals surface area contributed by atoms with E-state index >= 15 is 0 Å². The first-order valence-corrected chi connectivity index (χ1v) is 7.82. The molecule has 1 aliphatic heterocycles. The molecule has 19 heavy (non-hydrogen) atoms. The minimum absolute atomic E-state index is 0.212. The van der Waals surface area contributed by atoms with Gasteiger partial charge in [0.05, 0.1) is 6.61 Å². The molecule has 114 valence electrons. The highest BCUT2D eigenvalue weighted by Crippen LogP contribution is 2.17. The molecule has 0 radical (unpaired) electrons. The van der Waals surface area contributed by atoms with Gasteiger partial charge in [0.2, 0.25) is 0 Å². The van der Waals surface area contributed by atoms with Crippen LogP contribution in [0, 0.1) is 11.8 Å². The zero-order valence-electron chi connectivity index (χ0n) is 13.8. The standard InChI is InChI=1S/C16H34N2O/c1-13(10-17-16(3,4)5)14(2)18(6)11-15-8-7-9-19-12-15/h13-15,17H,7-12H2,1-6H3. The predicted molar refractivity (Wildman–Crippen MR) is 82.6 cm³/mol. The summed E-state index contributed by atoms with van der Waals surface area (Å²) >= 11 is 0. The summed E-state index contributed by atoms with van der Waals surface area (Å²) < 4.78 is 5.58. The lowest BCUT2D eigenvalue weighted by Gasteiger charge is -2.35. The molecule has 1 rings (SSSR count). The van der Waals surface area contributed by atoms with E-state index in [2.05, 4.69) is 51.9 Å². The van der Waals surface area contributed by atoms with Crippen LogP contribution in [-0.4, -0.2) is 49.8 Å². The van der Waals surface area contributed by atoms with Crippen molar-refractivity contribution in [3.8, 4) is 0 Å². The van der Waals surface area contributed by atoms with E-state index in [0.717, 1.165) is 25.7 Å². The lowest BCUT2D eigenvalue weighted by atomic mass is 9.97. The largest absolute Gasteiger partial charge is 0.381 e. The normalized spacial score (nSPS) is 24.5. The number of rotatable bonds is 6. The van der Waals surface area contributed by atoms with Crippen molar-refractivity contribution in [2.45, 2.75) is 59.0 Å². The van der Waals surface area contributed by atoms with Crippen molar-refractivity contribution in [3.63, 3.8) is 0 Å². The maximum absolute atomic E-state index is 5.58. The summed E-state index contributed by atoms with van der Waals surface area (Å²) in [7, 11) is 2.26. The van der Waals surface area contributed by atoms with E-state index in [1.807, 2.05) is 0 Å². The van der Waals surface area contributed by atoms with Crippen LogP contribution in [0.25, 0.3) is 0 Å². The lowest BCUT2D eigenvalue weighted by Crippen LogP contribution is -2.45. The highest BCUT2D eigenvalue weighted by atomic mass is 16.5. The second kappa shape index (κ2) is 7.61. The molecule has 3 heteroatoms. The molecule has 0 bridgehead atoms. The van der Waals surface area contributed by atoms with Gasteiger partial charge in [0.1, 0.15) is 0 Å². The average Bonchev–Trinajstić information content (AvgIpc) is 2.35. The van der Waals surface area contributed by atoms with Crippen molar-refractivity contribution in [1.82, 2.24) is 10.2 Å². The summed E-state index contributed by atoms with van der Waals surface area (Å²) in [5.41, 5.74) is 0.212. The molecule has 1 saturated heterocycles. The van der Waals surface area contributed by atoms with Crippen LogP contribution in [0.5, 0.6) is 0 Å². The van der Waals surface area contributed by atoms with Gasteiger partial charge in [-0.05, 0) is 66.0 Å². The molecule has 1 N–H and O–H groups in total. The number of nitrogens with one attached hydrogen (secondary N) is 1. The third-order valence-electron chi connectivity index (χ3n) is 4.27. The van der Waals surface area contributed by atoms with Crippen LogP contribution in [0.1, 0.15) is 47.5 Å². The number of hydrogen-bond donors (Lipinski definition) is 1. The Labute approximate surface area is 120 Å². The number of hydrogen-bond acceptors (Lipinski definition) is 3. The Hall–Kier alpha value is -0.120. The summed E-state index contributed by atoms with van der Waals surface area (Å²) in [6.07, 6.45) is 2.56. The molecule has 0 aromatic rings. The summed E-state index contributed by atoms with van der Waals surface area (Å²) in [5, 5.41) is 3.61. The third-order valence-corrected chi connectivity index (χ3v) is 4.27. The first-order chi connectivity index (χ1) is 8.79. The van der Waals surface area contributed by atoms with Crippen molar-refractivity contribution >= 4 is 0 Å². The molecule has 3 unspecified atom stereocenters. The van der Waals surface area contributed by atoms with E-state index in [9.17, 15) is 0 Å². The minimum atomic E-state index is 0.212. The lowest BCUT2D eigenvalue weighted by molar-refractivity contribution is 0.0332. The average molecular weight is 270 g/mol. The third kappa shape index (κ3) is 6.73. The molecule has 0 amide bonds. The molecule has 0 aromatic heterocycles. The first-order valence-electron chi connectivity index (χ1n) is 7.82. The quantitative estimate of drug-likeness (QED) is 0.803. The van der Waals surface area contributed by atoms with Crippen molar-refractivity contribution in [1.29, 1.82) is 0 Å². The highest BCUT2D eigenvalue weighted by molar-refractivity contribution is 4.78. The minimum Gasteiger partial charge on any atom is -0.381 e. The molecular formula is C16H34N2O. The van der Waals surface area contributed by atoms with Gasteiger partial charge in [-0.25, -0.2) is 0 Å². The van der Waals surface area contributed by atoms with Crippen LogP contribution in [-0.2, 0) is 4.74 Å². The Morgan fingerprint density at radius 2 is 2.00 bits per heavy atom. The van der Waals surface area contributed by atoms with E-state index in [-0.39, 0.29) is 5.54 Å². The number of nitrogens with zero attached hydrogens (tertiary/aromatic N) is 1. The fourth-order valence-corrected chi connectivity index (χ4v) is 2.60. The van der Waals surface area contributed by atoms with E-state index < -0.39 is 0 Å². The van der Waals surface area contributed by atoms with Crippen molar-refractivity contribution in [2.24, 2.45) is 11.8 Å². The Kier molecular flexibility index (Phi) is 6.78. The Balaban J connectivity index is 2.31. The first kappa shape index (κ1) is 16.9. The SMILES string of the molecule is CC(CNC(C)(C)C)C(C)N(C)CC1CCCOC1. The van der Waals surface area contributed by atoms with Gasteiger partial charge >= 0.3 is 0 Å². The number of ether oxygens (including phenoxy) is 1. The monoisotopic (exact) mass is 270 g/mol. The second-order valence-electron chi connectivity index (χ2n) is 7.37. The Bertz CT molecular complexity index is 244. The van der Waals surface area contributed by atoms with E-state index in [1.165, 1.54) is 19.4 Å². The molecule has 1 fully saturated rings. The van der Waals surface area contributed by atoms with Gasteiger partial charge in [0.25, 0.3) is 0 Å². The molecule has 0 aromatic carbocycles. The smallest absolute Gasteiger partial charge is 0.0506 e. The molecule has 0 saturated carbocycles. The van der Waals surface area contributed by atoms with Gasteiger partial charge in [0.15, 0.2) is 0 Å². The van der Waals surface area contributed by atoms with Crippen LogP contribution >= 0.6 is 0 Å². The molecule has 0 spiro atoms. The van der Waals surface area contributed by atoms with Gasteiger partial charge in [-0.2, -0.15) is 0 Å². The van der Waals surface area contributed by atoms with Crippen LogP contribution in [0.15, 0.2) is 0 Å². The molecule has 1 aliphatic rings. The van der Waals surface area contributed by atoms with Crippen LogP contribution in [0.4, 0.5) is 0 Å². The van der Waals surface area contributed by atoms with Crippen molar-refractivity contribution in [2.75, 3.05) is 33.4 Å². The molecule has 1 heterocycles. The van der Waals surface area contributed by atoms with Gasteiger partial charge in [-0.15, -0.1) is 0 Å². The molecule has 3 atom stereocenters. The van der Waals surface area contributed by atoms with E-state index in [4.69, 9.17) is 4.74 Å². The summed E-state index contributed by atoms with van der Waals surface area (Å²) in [6.45, 7) is 15.5. The van der Waals surface area contributed by atoms with E-state index in [0.29, 0.717) is 12.0 Å². The van der Waals surface area contributed by atoms with Gasteiger partial charge in [0, 0.05) is 24.7 Å². The molecule has 0 aliphatic carbocycles. The van der Waals surface area contributed by atoms with Crippen LogP contribution < -0.4 is 5.32 Å². The summed E-state index contributed by atoms with van der Waals surface area (Å²) in [6, 6.07) is 0.608. The fourth-order valence-electron chi connectivity index (χ4n) is 2.60. The van der Waals surface area contributed by atoms with E-state index in [1.54, 1.807) is 0 Å². The highest BCUT2D eigenvalue weighted by Gasteiger charge is 2.22. The topological polar surface area (TPSA) is 24.5 Å². The maximum atomic E-state index is 5.58. The van der Waals surface area contributed by atoms with Gasteiger partial charge in [-0.1, -0.05) is 6.92 Å². The van der Waals surface area contributed by atoms with Crippen molar-refractivity contribution < 1.29 is 4.74 Å². The summed E-state index contributed by atoms with van der Waals surface area (Å²) in [5.74, 6) is 1.39. The zero-order chi connectivity index (χ0) is 14.5. The maximum Gasteiger partial charge on any atom is 0.0506 e. The zero-order valence-corrected chi connectivity index (χ0v) is 13.8. The molecular weight excluding hydrogens is 236 g/mol. The Morgan fingerprint density at radius 1 is 1.32 bits per heavy atom. The van der Waals surface area contributed by atoms with Crippen molar-refractivity contribution in [3.05, 3.63) is 0 Å². The Morgan fingerprint density at radius 3 is 2.53 bits per heavy atom. The second-order valence-corrected chi connectivity index (χ2v) is 7.37. The molecule has 3 nitrogen and oxygen atoms in total. The van der Waals surface area contributed by atoms with Crippen LogP contribution in [0.3, 0.4) is 0 Å². The summed E-state index contributed by atoms with van der Waals surface area (Å²) in [4.78, 5) is 2.51. The predicted octanol–water partition coefficient (Wildman–Crippen LogP) is 2.76. The van der Waals surface area contributed by atoms with Gasteiger partial charge in [-0.3, -0.25) is 0 Å².